The van der Waals surface area contributed by atoms with Crippen LogP contribution in [0.3, 0.4) is 0 Å². The molecule has 0 bridgehead atoms. The summed E-state index contributed by atoms with van der Waals surface area (Å²) >= 11 is 3.40. The highest BCUT2D eigenvalue weighted by Crippen LogP contribution is 2.46. The van der Waals surface area contributed by atoms with Crippen LogP contribution in [0.2, 0.25) is 0 Å². The van der Waals surface area contributed by atoms with E-state index >= 15 is 0 Å². The molecule has 4 nitrogen and oxygen atoms in total. The lowest BCUT2D eigenvalue weighted by molar-refractivity contribution is 0.306. The van der Waals surface area contributed by atoms with Gasteiger partial charge in [-0.2, -0.15) is 5.26 Å². The van der Waals surface area contributed by atoms with Crippen molar-refractivity contribution in [1.29, 1.82) is 5.26 Å². The smallest absolute Gasteiger partial charge is 0.161 e. The van der Waals surface area contributed by atoms with Crippen LogP contribution in [0.5, 0.6) is 11.5 Å². The summed E-state index contributed by atoms with van der Waals surface area (Å²) in [6.45, 7) is 2.58. The average Bonchev–Trinajstić information content (AvgIpc) is 2.60. The Morgan fingerprint density at radius 2 is 2.13 bits per heavy atom. The second-order valence-electron chi connectivity index (χ2n) is 5.97. The van der Waals surface area contributed by atoms with Gasteiger partial charge in [-0.15, -0.1) is 0 Å². The van der Waals surface area contributed by atoms with Gasteiger partial charge < -0.3 is 14.8 Å². The first-order valence-electron chi connectivity index (χ1n) is 8.11. The molecule has 23 heavy (non-hydrogen) atoms. The van der Waals surface area contributed by atoms with Gasteiger partial charge in [0.15, 0.2) is 11.5 Å². The van der Waals surface area contributed by atoms with Crippen molar-refractivity contribution in [3.8, 4) is 17.6 Å². The fourth-order valence-electron chi connectivity index (χ4n) is 3.70. The maximum absolute atomic E-state index is 9.32. The van der Waals surface area contributed by atoms with E-state index in [-0.39, 0.29) is 0 Å². The van der Waals surface area contributed by atoms with Gasteiger partial charge in [-0.1, -0.05) is 12.8 Å². The number of methoxy groups -OCH3 is 1. The standard InChI is InChI=1S/C18H21BrN2O2/c1-3-23-17-8-12-11-6-4-5-7-15(11)21-18(14(19)10-20)13(12)9-16(17)22-2/h8-9,11,15,21H,3-7H2,1-2H3. The molecule has 1 aromatic rings. The van der Waals surface area contributed by atoms with Gasteiger partial charge >= 0.3 is 0 Å². The summed E-state index contributed by atoms with van der Waals surface area (Å²) in [5.74, 6) is 1.96. The minimum Gasteiger partial charge on any atom is -0.493 e. The van der Waals surface area contributed by atoms with Crippen molar-refractivity contribution in [1.82, 2.24) is 5.32 Å². The first kappa shape index (κ1) is 16.2. The Bertz CT molecular complexity index is 678. The van der Waals surface area contributed by atoms with Crippen molar-refractivity contribution in [2.75, 3.05) is 13.7 Å². The predicted octanol–water partition coefficient (Wildman–Crippen LogP) is 4.31. The Kier molecular flexibility index (Phi) is 4.82. The lowest BCUT2D eigenvalue weighted by Crippen LogP contribution is -2.40. The van der Waals surface area contributed by atoms with Crippen LogP contribution < -0.4 is 14.8 Å². The molecule has 2 aliphatic rings. The third-order valence-corrected chi connectivity index (χ3v) is 5.29. The number of halogens is 1. The summed E-state index contributed by atoms with van der Waals surface area (Å²) in [6, 6.07) is 6.70. The third kappa shape index (κ3) is 2.92. The van der Waals surface area contributed by atoms with E-state index in [1.165, 1.54) is 24.8 Å². The summed E-state index contributed by atoms with van der Waals surface area (Å²) in [5, 5.41) is 12.9. The highest BCUT2D eigenvalue weighted by molar-refractivity contribution is 9.12. The Balaban J connectivity index is 2.18. The van der Waals surface area contributed by atoms with Crippen molar-refractivity contribution in [2.45, 2.75) is 44.6 Å². The van der Waals surface area contributed by atoms with Gasteiger partial charge in [-0.3, -0.25) is 0 Å². The molecule has 0 saturated heterocycles. The molecular formula is C18H21BrN2O2. The number of hydrogen-bond acceptors (Lipinski definition) is 4. The van der Waals surface area contributed by atoms with Crippen LogP contribution in [0.15, 0.2) is 16.6 Å². The molecule has 1 saturated carbocycles. The number of allylic oxidation sites excluding steroid dienone is 1. The zero-order chi connectivity index (χ0) is 16.4. The quantitative estimate of drug-likeness (QED) is 0.798. The minimum atomic E-state index is 0.384. The second kappa shape index (κ2) is 6.84. The molecule has 1 aromatic carbocycles. The van der Waals surface area contributed by atoms with Crippen LogP contribution in [0.1, 0.15) is 49.7 Å². The number of nitrogens with one attached hydrogen (secondary N) is 1. The predicted molar refractivity (Wildman–Crippen MR) is 93.8 cm³/mol. The fourth-order valence-corrected chi connectivity index (χ4v) is 4.03. The van der Waals surface area contributed by atoms with Gasteiger partial charge in [0.25, 0.3) is 0 Å². The monoisotopic (exact) mass is 376 g/mol. The molecule has 1 fully saturated rings. The largest absolute Gasteiger partial charge is 0.493 e. The van der Waals surface area contributed by atoms with Gasteiger partial charge in [0.1, 0.15) is 10.6 Å². The second-order valence-corrected chi connectivity index (χ2v) is 6.76. The first-order chi connectivity index (χ1) is 11.2. The van der Waals surface area contributed by atoms with E-state index in [1.54, 1.807) is 7.11 Å². The molecule has 122 valence electrons. The van der Waals surface area contributed by atoms with E-state index < -0.39 is 0 Å². The van der Waals surface area contributed by atoms with Crippen LogP contribution in [-0.2, 0) is 0 Å². The number of nitriles is 1. The SMILES string of the molecule is CCOc1cc2c(cc1OC)C(=C(Br)C#N)NC1CCCCC21. The molecule has 0 aromatic heterocycles. The summed E-state index contributed by atoms with van der Waals surface area (Å²) < 4.78 is 11.8. The molecule has 0 amide bonds. The number of nitrogens with zero attached hydrogens (tertiary/aromatic N) is 1. The van der Waals surface area contributed by atoms with Gasteiger partial charge in [0.2, 0.25) is 0 Å². The van der Waals surface area contributed by atoms with Gasteiger partial charge in [0.05, 0.1) is 19.4 Å². The first-order valence-corrected chi connectivity index (χ1v) is 8.90. The Labute approximate surface area is 145 Å². The van der Waals surface area contributed by atoms with Crippen molar-refractivity contribution in [3.05, 3.63) is 27.7 Å². The van der Waals surface area contributed by atoms with Crippen LogP contribution in [0.25, 0.3) is 5.70 Å². The molecule has 1 aliphatic carbocycles. The third-order valence-electron chi connectivity index (χ3n) is 4.72. The minimum absolute atomic E-state index is 0.384. The highest BCUT2D eigenvalue weighted by atomic mass is 79.9. The summed E-state index contributed by atoms with van der Waals surface area (Å²) in [4.78, 5) is 0. The van der Waals surface area contributed by atoms with Crippen LogP contribution in [-0.4, -0.2) is 19.8 Å². The average molecular weight is 377 g/mol. The molecule has 1 aliphatic heterocycles. The maximum Gasteiger partial charge on any atom is 0.161 e. The zero-order valence-corrected chi connectivity index (χ0v) is 15.1. The van der Waals surface area contributed by atoms with Crippen molar-refractivity contribution in [3.63, 3.8) is 0 Å². The molecule has 2 unspecified atom stereocenters. The molecular weight excluding hydrogens is 356 g/mol. The highest BCUT2D eigenvalue weighted by Gasteiger charge is 2.35. The number of fused-ring (bicyclic) bond motifs is 3. The van der Waals surface area contributed by atoms with Gasteiger partial charge in [0, 0.05) is 17.5 Å². The molecule has 2 atom stereocenters. The number of rotatable bonds is 3. The lowest BCUT2D eigenvalue weighted by atomic mass is 9.75. The molecule has 0 spiro atoms. The molecule has 3 rings (SSSR count). The zero-order valence-electron chi connectivity index (χ0n) is 13.5. The molecule has 1 N–H and O–H groups in total. The van der Waals surface area contributed by atoms with E-state index in [9.17, 15) is 5.26 Å². The number of ether oxygens (including phenoxy) is 2. The van der Waals surface area contributed by atoms with Crippen molar-refractivity contribution < 1.29 is 9.47 Å². The van der Waals surface area contributed by atoms with Crippen LogP contribution >= 0.6 is 15.9 Å². The van der Waals surface area contributed by atoms with E-state index in [2.05, 4.69) is 33.4 Å². The normalized spacial score (nSPS) is 24.6. The summed E-state index contributed by atoms with van der Waals surface area (Å²) in [6.07, 6.45) is 4.78. The van der Waals surface area contributed by atoms with Crippen LogP contribution in [0.4, 0.5) is 0 Å². The summed E-state index contributed by atoms with van der Waals surface area (Å²) in [7, 11) is 1.65. The van der Waals surface area contributed by atoms with Crippen molar-refractivity contribution >= 4 is 21.6 Å². The Hall–Kier alpha value is -1.67. The maximum atomic E-state index is 9.32. The van der Waals surface area contributed by atoms with Crippen molar-refractivity contribution in [2.24, 2.45) is 0 Å². The number of benzene rings is 1. The topological polar surface area (TPSA) is 54.3 Å². The molecule has 5 heteroatoms. The van der Waals surface area contributed by atoms with E-state index in [4.69, 9.17) is 9.47 Å². The molecule has 0 radical (unpaired) electrons. The molecule has 1 heterocycles. The Morgan fingerprint density at radius 1 is 1.35 bits per heavy atom. The van der Waals surface area contributed by atoms with Gasteiger partial charge in [-0.25, -0.2) is 0 Å². The van der Waals surface area contributed by atoms with E-state index in [1.807, 2.05) is 13.0 Å². The number of hydrogen-bond donors (Lipinski definition) is 1. The van der Waals surface area contributed by atoms with E-state index in [0.29, 0.717) is 28.8 Å². The fraction of sp³-hybridized carbons (Fsp3) is 0.500. The van der Waals surface area contributed by atoms with Crippen LogP contribution in [0, 0.1) is 11.3 Å². The summed E-state index contributed by atoms with van der Waals surface area (Å²) in [5.41, 5.74) is 3.17. The Morgan fingerprint density at radius 3 is 2.83 bits per heavy atom. The lowest BCUT2D eigenvalue weighted by Gasteiger charge is -2.40. The van der Waals surface area contributed by atoms with Gasteiger partial charge in [-0.05, 0) is 53.4 Å². The van der Waals surface area contributed by atoms with E-state index in [0.717, 1.165) is 23.4 Å².